The second-order valence-electron chi connectivity index (χ2n) is 8.04. The van der Waals surface area contributed by atoms with Crippen LogP contribution < -0.4 is 5.73 Å². The van der Waals surface area contributed by atoms with E-state index in [1.54, 1.807) is 0 Å². The van der Waals surface area contributed by atoms with E-state index in [1.165, 1.54) is 64.3 Å². The molecule has 2 nitrogen and oxygen atoms in total. The topological polar surface area (TPSA) is 29.3 Å². The van der Waals surface area contributed by atoms with Crippen LogP contribution in [0, 0.1) is 17.8 Å². The summed E-state index contributed by atoms with van der Waals surface area (Å²) in [6, 6.07) is 1.99. The largest absolute Gasteiger partial charge is 0.326 e. The van der Waals surface area contributed by atoms with Gasteiger partial charge in [0.15, 0.2) is 0 Å². The highest BCUT2D eigenvalue weighted by molar-refractivity contribution is 4.97. The molecule has 3 fully saturated rings. The molecule has 0 radical (unpaired) electrons. The molecule has 0 spiro atoms. The Morgan fingerprint density at radius 3 is 2.45 bits per heavy atom. The number of rotatable bonds is 2. The van der Waals surface area contributed by atoms with E-state index >= 15 is 0 Å². The van der Waals surface area contributed by atoms with Gasteiger partial charge in [0.25, 0.3) is 0 Å². The van der Waals surface area contributed by atoms with Crippen molar-refractivity contribution in [2.45, 2.75) is 89.8 Å². The number of fused-ring (bicyclic) bond motifs is 1. The molecule has 1 saturated heterocycles. The van der Waals surface area contributed by atoms with Gasteiger partial charge in [0, 0.05) is 18.1 Å². The molecule has 2 saturated carbocycles. The number of hydrogen-bond donors (Lipinski definition) is 1. The van der Waals surface area contributed by atoms with Crippen molar-refractivity contribution in [2.75, 3.05) is 6.54 Å². The van der Waals surface area contributed by atoms with E-state index in [0.717, 1.165) is 23.8 Å². The van der Waals surface area contributed by atoms with Crippen molar-refractivity contribution in [3.8, 4) is 0 Å². The molecule has 3 aliphatic rings. The summed E-state index contributed by atoms with van der Waals surface area (Å²) in [6.45, 7) is 6.13. The SMILES string of the molecule is CC(C)C1CCC(N)C(N2CCC[C@H]3CCCC[C@H]32)C1. The lowest BCUT2D eigenvalue weighted by Gasteiger charge is -2.51. The molecule has 2 aliphatic carbocycles. The Labute approximate surface area is 125 Å². The fourth-order valence-corrected chi connectivity index (χ4v) is 5.26. The number of piperidine rings is 1. The van der Waals surface area contributed by atoms with Crippen molar-refractivity contribution in [3.05, 3.63) is 0 Å². The third kappa shape index (κ3) is 2.92. The van der Waals surface area contributed by atoms with Crippen LogP contribution in [0.5, 0.6) is 0 Å². The van der Waals surface area contributed by atoms with Crippen LogP contribution in [0.1, 0.15) is 71.6 Å². The number of likely N-dealkylation sites (tertiary alicyclic amines) is 1. The van der Waals surface area contributed by atoms with Crippen LogP contribution in [-0.4, -0.2) is 29.6 Å². The van der Waals surface area contributed by atoms with Gasteiger partial charge in [-0.3, -0.25) is 4.90 Å². The Morgan fingerprint density at radius 1 is 0.900 bits per heavy atom. The van der Waals surface area contributed by atoms with Gasteiger partial charge in [0.1, 0.15) is 0 Å². The number of nitrogens with two attached hydrogens (primary N) is 1. The molecule has 3 rings (SSSR count). The second-order valence-corrected chi connectivity index (χ2v) is 8.04. The molecule has 0 aromatic heterocycles. The van der Waals surface area contributed by atoms with Crippen LogP contribution in [-0.2, 0) is 0 Å². The number of nitrogens with zero attached hydrogens (tertiary/aromatic N) is 1. The molecule has 1 aliphatic heterocycles. The minimum atomic E-state index is 0.436. The lowest BCUT2D eigenvalue weighted by Crippen LogP contribution is -2.59. The fraction of sp³-hybridized carbons (Fsp3) is 1.00. The maximum Gasteiger partial charge on any atom is 0.0252 e. The molecule has 2 N–H and O–H groups in total. The molecule has 2 heteroatoms. The maximum atomic E-state index is 6.55. The lowest BCUT2D eigenvalue weighted by atomic mass is 9.73. The minimum absolute atomic E-state index is 0.436. The minimum Gasteiger partial charge on any atom is -0.326 e. The van der Waals surface area contributed by atoms with Gasteiger partial charge in [-0.1, -0.05) is 26.7 Å². The van der Waals surface area contributed by atoms with Crippen LogP contribution in [0.2, 0.25) is 0 Å². The average molecular weight is 278 g/mol. The second kappa shape index (κ2) is 6.36. The van der Waals surface area contributed by atoms with E-state index in [0.29, 0.717) is 12.1 Å². The van der Waals surface area contributed by atoms with E-state index in [1.807, 2.05) is 0 Å². The Morgan fingerprint density at radius 2 is 1.65 bits per heavy atom. The van der Waals surface area contributed by atoms with Crippen molar-refractivity contribution in [2.24, 2.45) is 23.5 Å². The molecule has 1 heterocycles. The predicted molar refractivity (Wildman–Crippen MR) is 85.6 cm³/mol. The third-order valence-electron chi connectivity index (χ3n) is 6.56. The standard InChI is InChI=1S/C18H34N2/c1-13(2)15-9-10-16(19)18(12-15)20-11-5-7-14-6-3-4-8-17(14)20/h13-18H,3-12,19H2,1-2H3/t14-,15?,16?,17-,18?/m1/s1. The Kier molecular flexibility index (Phi) is 4.72. The van der Waals surface area contributed by atoms with Crippen molar-refractivity contribution < 1.29 is 0 Å². The zero-order valence-corrected chi connectivity index (χ0v) is 13.6. The van der Waals surface area contributed by atoms with Crippen molar-refractivity contribution >= 4 is 0 Å². The molecule has 5 atom stereocenters. The highest BCUT2D eigenvalue weighted by Crippen LogP contribution is 2.40. The van der Waals surface area contributed by atoms with Gasteiger partial charge in [0.05, 0.1) is 0 Å². The van der Waals surface area contributed by atoms with Gasteiger partial charge in [0.2, 0.25) is 0 Å². The summed E-state index contributed by atoms with van der Waals surface area (Å²) in [5.41, 5.74) is 6.55. The van der Waals surface area contributed by atoms with Gasteiger partial charge in [-0.2, -0.15) is 0 Å². The summed E-state index contributed by atoms with van der Waals surface area (Å²) in [7, 11) is 0. The van der Waals surface area contributed by atoms with E-state index in [4.69, 9.17) is 5.73 Å². The monoisotopic (exact) mass is 278 g/mol. The summed E-state index contributed by atoms with van der Waals surface area (Å²) in [6.07, 6.45) is 12.7. The first-order valence-electron chi connectivity index (χ1n) is 9.18. The molecule has 0 amide bonds. The molecule has 3 unspecified atom stereocenters. The third-order valence-corrected chi connectivity index (χ3v) is 6.56. The first kappa shape index (κ1) is 14.8. The normalized spacial score (nSPS) is 43.5. The molecule has 0 aromatic rings. The fourth-order valence-electron chi connectivity index (χ4n) is 5.26. The van der Waals surface area contributed by atoms with E-state index in [2.05, 4.69) is 18.7 Å². The van der Waals surface area contributed by atoms with Crippen molar-refractivity contribution in [3.63, 3.8) is 0 Å². The van der Waals surface area contributed by atoms with E-state index < -0.39 is 0 Å². The first-order valence-corrected chi connectivity index (χ1v) is 9.18. The molecule has 20 heavy (non-hydrogen) atoms. The zero-order chi connectivity index (χ0) is 14.1. The summed E-state index contributed by atoms with van der Waals surface area (Å²) < 4.78 is 0. The average Bonchev–Trinajstić information content (AvgIpc) is 2.47. The van der Waals surface area contributed by atoms with Crippen LogP contribution >= 0.6 is 0 Å². The van der Waals surface area contributed by atoms with Gasteiger partial charge in [-0.25, -0.2) is 0 Å². The van der Waals surface area contributed by atoms with Gasteiger partial charge >= 0.3 is 0 Å². The highest BCUT2D eigenvalue weighted by Gasteiger charge is 2.41. The van der Waals surface area contributed by atoms with Crippen molar-refractivity contribution in [1.29, 1.82) is 0 Å². The van der Waals surface area contributed by atoms with Crippen LogP contribution in [0.3, 0.4) is 0 Å². The van der Waals surface area contributed by atoms with E-state index in [-0.39, 0.29) is 0 Å². The molecular weight excluding hydrogens is 244 g/mol. The summed E-state index contributed by atoms with van der Waals surface area (Å²) >= 11 is 0. The molecule has 0 aromatic carbocycles. The van der Waals surface area contributed by atoms with Crippen LogP contribution in [0.15, 0.2) is 0 Å². The van der Waals surface area contributed by atoms with Crippen LogP contribution in [0.4, 0.5) is 0 Å². The first-order chi connectivity index (χ1) is 9.66. The summed E-state index contributed by atoms with van der Waals surface area (Å²) in [4.78, 5) is 2.88. The molecule has 116 valence electrons. The Hall–Kier alpha value is -0.0800. The maximum absolute atomic E-state index is 6.55. The predicted octanol–water partition coefficient (Wildman–Crippen LogP) is 3.79. The summed E-state index contributed by atoms with van der Waals surface area (Å²) in [5, 5.41) is 0. The highest BCUT2D eigenvalue weighted by atomic mass is 15.2. The number of hydrogen-bond acceptors (Lipinski definition) is 2. The molecule has 0 bridgehead atoms. The quantitative estimate of drug-likeness (QED) is 0.832. The lowest BCUT2D eigenvalue weighted by molar-refractivity contribution is -0.00694. The van der Waals surface area contributed by atoms with Gasteiger partial charge in [-0.05, 0) is 69.2 Å². The smallest absolute Gasteiger partial charge is 0.0252 e. The zero-order valence-electron chi connectivity index (χ0n) is 13.6. The van der Waals surface area contributed by atoms with Gasteiger partial charge < -0.3 is 5.73 Å². The Bertz CT molecular complexity index is 313. The molecular formula is C18H34N2. The Balaban J connectivity index is 1.71. The van der Waals surface area contributed by atoms with Crippen molar-refractivity contribution in [1.82, 2.24) is 4.90 Å². The van der Waals surface area contributed by atoms with Crippen LogP contribution in [0.25, 0.3) is 0 Å². The van der Waals surface area contributed by atoms with E-state index in [9.17, 15) is 0 Å². The summed E-state index contributed by atoms with van der Waals surface area (Å²) in [5.74, 6) is 2.73. The van der Waals surface area contributed by atoms with Gasteiger partial charge in [-0.15, -0.1) is 0 Å².